The van der Waals surface area contributed by atoms with Gasteiger partial charge in [0.15, 0.2) is 0 Å². The Labute approximate surface area is 105 Å². The minimum Gasteiger partial charge on any atom is -0.386 e. The predicted molar refractivity (Wildman–Crippen MR) is 68.2 cm³/mol. The molecule has 90 valence electrons. The molecule has 16 heavy (non-hydrogen) atoms. The van der Waals surface area contributed by atoms with Crippen LogP contribution in [-0.2, 0) is 0 Å². The van der Waals surface area contributed by atoms with Crippen LogP contribution in [0.1, 0.15) is 11.0 Å². The van der Waals surface area contributed by atoms with E-state index in [0.717, 1.165) is 24.5 Å². The summed E-state index contributed by atoms with van der Waals surface area (Å²) in [7, 11) is 4.14. The highest BCUT2D eigenvalue weighted by Gasteiger charge is 2.31. The number of thiophene rings is 1. The molecule has 1 aromatic rings. The molecule has 5 heteroatoms. The summed E-state index contributed by atoms with van der Waals surface area (Å²) in [6, 6.07) is 1.98. The Morgan fingerprint density at radius 2 is 2.25 bits per heavy atom. The van der Waals surface area contributed by atoms with Gasteiger partial charge < -0.3 is 10.0 Å². The highest BCUT2D eigenvalue weighted by molar-refractivity contribution is 7.10. The van der Waals surface area contributed by atoms with Crippen molar-refractivity contribution in [1.29, 1.82) is 0 Å². The average molecular weight is 261 g/mol. The average Bonchev–Trinajstić information content (AvgIpc) is 2.67. The van der Waals surface area contributed by atoms with Crippen LogP contribution in [-0.4, -0.2) is 54.7 Å². The van der Waals surface area contributed by atoms with Gasteiger partial charge in [-0.15, -0.1) is 11.3 Å². The molecule has 0 aromatic carbocycles. The Morgan fingerprint density at radius 1 is 1.50 bits per heavy atom. The first-order chi connectivity index (χ1) is 7.59. The molecular formula is C11H17ClN2OS. The van der Waals surface area contributed by atoms with Crippen LogP contribution in [0.3, 0.4) is 0 Å². The zero-order chi connectivity index (χ0) is 11.7. The predicted octanol–water partition coefficient (Wildman–Crippen LogP) is 1.68. The van der Waals surface area contributed by atoms with Gasteiger partial charge >= 0.3 is 0 Å². The topological polar surface area (TPSA) is 26.7 Å². The fraction of sp³-hybridized carbons (Fsp3) is 0.636. The third-order valence-corrected chi connectivity index (χ3v) is 4.61. The minimum absolute atomic E-state index is 0.134. The van der Waals surface area contributed by atoms with Gasteiger partial charge in [-0.3, -0.25) is 4.90 Å². The van der Waals surface area contributed by atoms with Gasteiger partial charge in [-0.05, 0) is 25.5 Å². The van der Waals surface area contributed by atoms with Crippen LogP contribution < -0.4 is 0 Å². The minimum atomic E-state index is -0.486. The van der Waals surface area contributed by atoms with Crippen LogP contribution in [0.4, 0.5) is 0 Å². The quantitative estimate of drug-likeness (QED) is 0.877. The monoisotopic (exact) mass is 260 g/mol. The van der Waals surface area contributed by atoms with Gasteiger partial charge in [0.05, 0.1) is 15.9 Å². The first-order valence-electron chi connectivity index (χ1n) is 5.39. The van der Waals surface area contributed by atoms with Crippen molar-refractivity contribution in [3.63, 3.8) is 0 Å². The van der Waals surface area contributed by atoms with Crippen LogP contribution in [0.2, 0.25) is 5.02 Å². The molecule has 1 N–H and O–H groups in total. The zero-order valence-electron chi connectivity index (χ0n) is 9.56. The number of piperazine rings is 1. The number of aliphatic hydroxyl groups excluding tert-OH is 1. The summed E-state index contributed by atoms with van der Waals surface area (Å²) in [6.45, 7) is 2.92. The van der Waals surface area contributed by atoms with Gasteiger partial charge in [-0.2, -0.15) is 0 Å². The normalized spacial score (nSPS) is 25.9. The maximum Gasteiger partial charge on any atom is 0.106 e. The van der Waals surface area contributed by atoms with E-state index < -0.39 is 6.10 Å². The second-order valence-electron chi connectivity index (χ2n) is 4.39. The number of rotatable bonds is 2. The summed E-state index contributed by atoms with van der Waals surface area (Å²) in [4.78, 5) is 5.34. The molecule has 1 fully saturated rings. The van der Waals surface area contributed by atoms with Gasteiger partial charge in [0, 0.05) is 19.6 Å². The van der Waals surface area contributed by atoms with Crippen molar-refractivity contribution in [1.82, 2.24) is 9.80 Å². The van der Waals surface area contributed by atoms with Crippen LogP contribution in [0.25, 0.3) is 0 Å². The maximum atomic E-state index is 10.4. The van der Waals surface area contributed by atoms with E-state index in [4.69, 9.17) is 11.6 Å². The molecule has 1 aromatic heterocycles. The molecule has 2 rings (SSSR count). The third-order valence-electron chi connectivity index (χ3n) is 3.18. The summed E-state index contributed by atoms with van der Waals surface area (Å²) in [5.41, 5.74) is 0. The number of aliphatic hydroxyl groups is 1. The number of likely N-dealkylation sites (N-methyl/N-ethyl adjacent to an activating group) is 2. The first-order valence-corrected chi connectivity index (χ1v) is 6.65. The Morgan fingerprint density at radius 3 is 2.88 bits per heavy atom. The lowest BCUT2D eigenvalue weighted by atomic mass is 10.1. The van der Waals surface area contributed by atoms with E-state index in [1.807, 2.05) is 11.4 Å². The standard InChI is InChI=1S/C11H17ClN2OS/c1-13-4-5-14(2)9(7-13)10(15)11-8(12)3-6-16-11/h3,6,9-10,15H,4-5,7H2,1-2H3. The van der Waals surface area contributed by atoms with Crippen LogP contribution in [0, 0.1) is 0 Å². The molecule has 0 spiro atoms. The molecule has 1 aliphatic rings. The molecule has 3 nitrogen and oxygen atoms in total. The lowest BCUT2D eigenvalue weighted by molar-refractivity contribution is 0.0156. The van der Waals surface area contributed by atoms with Gasteiger partial charge in [0.1, 0.15) is 6.10 Å². The van der Waals surface area contributed by atoms with Gasteiger partial charge in [0.25, 0.3) is 0 Å². The number of hydrogen-bond donors (Lipinski definition) is 1. The molecule has 1 aliphatic heterocycles. The van der Waals surface area contributed by atoms with Gasteiger partial charge in [-0.25, -0.2) is 0 Å². The van der Waals surface area contributed by atoms with E-state index in [0.29, 0.717) is 5.02 Å². The summed E-state index contributed by atoms with van der Waals surface area (Å²) in [5, 5.41) is 13.0. The summed E-state index contributed by atoms with van der Waals surface area (Å²) in [6.07, 6.45) is -0.486. The van der Waals surface area contributed by atoms with E-state index in [-0.39, 0.29) is 6.04 Å². The van der Waals surface area contributed by atoms with Crippen molar-refractivity contribution in [2.75, 3.05) is 33.7 Å². The summed E-state index contributed by atoms with van der Waals surface area (Å²) < 4.78 is 0. The molecule has 0 aliphatic carbocycles. The lowest BCUT2D eigenvalue weighted by Crippen LogP contribution is -2.52. The number of nitrogens with zero attached hydrogens (tertiary/aromatic N) is 2. The highest BCUT2D eigenvalue weighted by Crippen LogP contribution is 2.32. The SMILES string of the molecule is CN1CCN(C)C(C(O)c2sccc2Cl)C1. The molecule has 0 amide bonds. The molecule has 0 saturated carbocycles. The first kappa shape index (κ1) is 12.3. The largest absolute Gasteiger partial charge is 0.386 e. The molecule has 2 unspecified atom stereocenters. The van der Waals surface area contributed by atoms with Crippen molar-refractivity contribution in [2.45, 2.75) is 12.1 Å². The Bertz CT molecular complexity index is 358. The molecule has 2 atom stereocenters. The van der Waals surface area contributed by atoms with E-state index in [1.165, 1.54) is 11.3 Å². The van der Waals surface area contributed by atoms with E-state index in [2.05, 4.69) is 23.9 Å². The van der Waals surface area contributed by atoms with E-state index in [1.54, 1.807) is 0 Å². The third kappa shape index (κ3) is 2.41. The van der Waals surface area contributed by atoms with Crippen molar-refractivity contribution >= 4 is 22.9 Å². The van der Waals surface area contributed by atoms with E-state index in [9.17, 15) is 5.11 Å². The summed E-state index contributed by atoms with van der Waals surface area (Å²) in [5.74, 6) is 0. The lowest BCUT2D eigenvalue weighted by Gasteiger charge is -2.39. The molecule has 2 heterocycles. The number of halogens is 1. The van der Waals surface area contributed by atoms with Crippen LogP contribution in [0.15, 0.2) is 11.4 Å². The highest BCUT2D eigenvalue weighted by atomic mass is 35.5. The van der Waals surface area contributed by atoms with Crippen molar-refractivity contribution in [2.24, 2.45) is 0 Å². The molecular weight excluding hydrogens is 244 g/mol. The molecule has 1 saturated heterocycles. The Kier molecular flexibility index (Phi) is 3.87. The summed E-state index contributed by atoms with van der Waals surface area (Å²) >= 11 is 7.58. The molecule has 0 radical (unpaired) electrons. The second kappa shape index (κ2) is 5.02. The van der Waals surface area contributed by atoms with Crippen LogP contribution in [0.5, 0.6) is 0 Å². The smallest absolute Gasteiger partial charge is 0.106 e. The van der Waals surface area contributed by atoms with Crippen molar-refractivity contribution in [3.8, 4) is 0 Å². The van der Waals surface area contributed by atoms with E-state index >= 15 is 0 Å². The fourth-order valence-electron chi connectivity index (χ4n) is 2.08. The Hall–Kier alpha value is -0.130. The van der Waals surface area contributed by atoms with Gasteiger partial charge in [0.2, 0.25) is 0 Å². The number of hydrogen-bond acceptors (Lipinski definition) is 4. The van der Waals surface area contributed by atoms with Crippen molar-refractivity contribution in [3.05, 3.63) is 21.3 Å². The van der Waals surface area contributed by atoms with Gasteiger partial charge in [-0.1, -0.05) is 11.6 Å². The van der Waals surface area contributed by atoms with Crippen molar-refractivity contribution < 1.29 is 5.11 Å². The second-order valence-corrected chi connectivity index (χ2v) is 5.74. The maximum absolute atomic E-state index is 10.4. The fourth-order valence-corrected chi connectivity index (χ4v) is 3.29. The Balaban J connectivity index is 2.14. The van der Waals surface area contributed by atoms with Crippen LogP contribution >= 0.6 is 22.9 Å². The zero-order valence-corrected chi connectivity index (χ0v) is 11.1. The molecule has 0 bridgehead atoms.